The van der Waals surface area contributed by atoms with Crippen LogP contribution in [-0.2, 0) is 13.0 Å². The molecule has 3 aromatic rings. The number of rotatable bonds is 6. The summed E-state index contributed by atoms with van der Waals surface area (Å²) in [7, 11) is 1.63. The van der Waals surface area contributed by atoms with Gasteiger partial charge in [-0.1, -0.05) is 65.3 Å². The third kappa shape index (κ3) is 5.15. The summed E-state index contributed by atoms with van der Waals surface area (Å²) in [5, 5.41) is 0. The van der Waals surface area contributed by atoms with Gasteiger partial charge in [0.15, 0.2) is 0 Å². The zero-order chi connectivity index (χ0) is 26.4. The first kappa shape index (κ1) is 25.8. The first-order valence-electron chi connectivity index (χ1n) is 13.8. The Labute approximate surface area is 222 Å². The lowest BCUT2D eigenvalue weighted by atomic mass is 9.75. The van der Waals surface area contributed by atoms with E-state index in [1.165, 1.54) is 42.0 Å². The topological polar surface area (TPSA) is 18.5 Å². The summed E-state index contributed by atoms with van der Waals surface area (Å²) >= 11 is 0. The van der Waals surface area contributed by atoms with Crippen LogP contribution in [0.5, 0.6) is 11.5 Å². The second-order valence-electron chi connectivity index (χ2n) is 12.8. The second-order valence-corrected chi connectivity index (χ2v) is 12.8. The minimum atomic E-state index is -0.214. The summed E-state index contributed by atoms with van der Waals surface area (Å²) in [6.07, 6.45) is 5.87. The molecule has 2 aliphatic carbocycles. The van der Waals surface area contributed by atoms with Gasteiger partial charge < -0.3 is 9.47 Å². The molecule has 0 aliphatic heterocycles. The number of ether oxygens (including phenoxy) is 2. The molecule has 2 aliphatic rings. The molecule has 37 heavy (non-hydrogen) atoms. The van der Waals surface area contributed by atoms with Gasteiger partial charge in [0.25, 0.3) is 0 Å². The van der Waals surface area contributed by atoms with Crippen LogP contribution < -0.4 is 9.47 Å². The van der Waals surface area contributed by atoms with Gasteiger partial charge in [-0.2, -0.15) is 0 Å². The van der Waals surface area contributed by atoms with E-state index in [2.05, 4.69) is 71.0 Å². The zero-order valence-corrected chi connectivity index (χ0v) is 23.3. The van der Waals surface area contributed by atoms with Crippen molar-refractivity contribution in [3.63, 3.8) is 0 Å². The van der Waals surface area contributed by atoms with E-state index in [-0.39, 0.29) is 16.6 Å². The van der Waals surface area contributed by atoms with Crippen LogP contribution in [0.4, 0.5) is 4.39 Å². The second kappa shape index (κ2) is 9.82. The molecule has 1 saturated carbocycles. The molecule has 3 heteroatoms. The lowest BCUT2D eigenvalue weighted by Gasteiger charge is -2.30. The van der Waals surface area contributed by atoms with Crippen LogP contribution in [0.15, 0.2) is 54.6 Å². The minimum absolute atomic E-state index is 0.172. The fourth-order valence-corrected chi connectivity index (χ4v) is 6.71. The predicted molar refractivity (Wildman–Crippen MR) is 150 cm³/mol. The number of halogens is 1. The zero-order valence-electron chi connectivity index (χ0n) is 23.3. The van der Waals surface area contributed by atoms with Crippen molar-refractivity contribution in [2.75, 3.05) is 7.11 Å². The van der Waals surface area contributed by atoms with Crippen LogP contribution in [-0.4, -0.2) is 7.11 Å². The molecule has 0 aromatic heterocycles. The average Bonchev–Trinajstić information content (AvgIpc) is 3.45. The first-order chi connectivity index (χ1) is 17.6. The summed E-state index contributed by atoms with van der Waals surface area (Å²) < 4.78 is 26.8. The molecule has 2 atom stereocenters. The van der Waals surface area contributed by atoms with Gasteiger partial charge in [0.2, 0.25) is 0 Å². The Morgan fingerprint density at radius 3 is 2.38 bits per heavy atom. The van der Waals surface area contributed by atoms with Crippen molar-refractivity contribution in [3.05, 3.63) is 82.7 Å². The Balaban J connectivity index is 1.46. The van der Waals surface area contributed by atoms with E-state index in [4.69, 9.17) is 9.47 Å². The van der Waals surface area contributed by atoms with Gasteiger partial charge in [-0.05, 0) is 106 Å². The van der Waals surface area contributed by atoms with E-state index in [1.54, 1.807) is 13.2 Å². The van der Waals surface area contributed by atoms with Crippen LogP contribution in [0.3, 0.4) is 0 Å². The molecule has 1 fully saturated rings. The molecule has 0 N–H and O–H groups in total. The van der Waals surface area contributed by atoms with Crippen molar-refractivity contribution in [1.82, 2.24) is 0 Å². The van der Waals surface area contributed by atoms with Crippen LogP contribution in [0.1, 0.15) is 94.4 Å². The maximum absolute atomic E-state index is 15.1. The summed E-state index contributed by atoms with van der Waals surface area (Å²) in [6, 6.07) is 18.1. The molecule has 2 nitrogen and oxygen atoms in total. The molecule has 0 amide bonds. The highest BCUT2D eigenvalue weighted by atomic mass is 19.1. The van der Waals surface area contributed by atoms with Crippen LogP contribution in [0.2, 0.25) is 0 Å². The summed E-state index contributed by atoms with van der Waals surface area (Å²) in [4.78, 5) is 0. The number of aryl methyl sites for hydroxylation is 1. The lowest BCUT2D eigenvalue weighted by molar-refractivity contribution is 0.300. The maximum atomic E-state index is 15.1. The van der Waals surface area contributed by atoms with Gasteiger partial charge in [-0.3, -0.25) is 0 Å². The molecule has 0 heterocycles. The Bertz CT molecular complexity index is 1280. The third-order valence-corrected chi connectivity index (χ3v) is 8.86. The van der Waals surface area contributed by atoms with Gasteiger partial charge in [0, 0.05) is 5.56 Å². The maximum Gasteiger partial charge on any atom is 0.131 e. The standard InChI is InChI=1S/C34H41FO2/c1-33(2,3)30-15-11-23-10-12-25(20-27(23)30)37-21-22-9-14-26(29-19-24(36-6)13-16-32(29)35)28(18-22)31-8-7-17-34(31,4)5/h9-10,12-14,16,18-20,30-31H,7-8,11,15,17,21H2,1-6H3/t30-,31-/m1/s1. The molecule has 0 saturated heterocycles. The van der Waals surface area contributed by atoms with Crippen LogP contribution in [0, 0.1) is 16.6 Å². The van der Waals surface area contributed by atoms with E-state index in [0.717, 1.165) is 29.7 Å². The Kier molecular flexibility index (Phi) is 6.85. The largest absolute Gasteiger partial charge is 0.497 e. The summed E-state index contributed by atoms with van der Waals surface area (Å²) in [5.74, 6) is 2.33. The molecule has 196 valence electrons. The van der Waals surface area contributed by atoms with Crippen molar-refractivity contribution in [2.24, 2.45) is 10.8 Å². The Morgan fingerprint density at radius 1 is 0.892 bits per heavy atom. The van der Waals surface area contributed by atoms with E-state index < -0.39 is 0 Å². The molecular weight excluding hydrogens is 459 g/mol. The van der Waals surface area contributed by atoms with Crippen molar-refractivity contribution in [3.8, 4) is 22.6 Å². The smallest absolute Gasteiger partial charge is 0.131 e. The molecule has 0 bridgehead atoms. The SMILES string of the molecule is COc1ccc(F)c(-c2ccc(COc3ccc4c(c3)[C@H](C(C)(C)C)CC4)cc2[C@H]2CCCC2(C)C)c1. The summed E-state index contributed by atoms with van der Waals surface area (Å²) in [5.41, 5.74) is 7.24. The molecule has 5 rings (SSSR count). The Hall–Kier alpha value is -2.81. The van der Waals surface area contributed by atoms with E-state index >= 15 is 4.39 Å². The third-order valence-electron chi connectivity index (χ3n) is 8.86. The first-order valence-corrected chi connectivity index (χ1v) is 13.8. The molecule has 0 radical (unpaired) electrons. The highest BCUT2D eigenvalue weighted by Gasteiger charge is 2.37. The number of hydrogen-bond donors (Lipinski definition) is 0. The molecule has 3 aromatic carbocycles. The molecule has 0 unspecified atom stereocenters. The van der Waals surface area contributed by atoms with Crippen molar-refractivity contribution < 1.29 is 13.9 Å². The van der Waals surface area contributed by atoms with Crippen LogP contribution in [0.25, 0.3) is 11.1 Å². The van der Waals surface area contributed by atoms with Gasteiger partial charge in [0.1, 0.15) is 23.9 Å². The number of benzene rings is 3. The van der Waals surface area contributed by atoms with E-state index in [0.29, 0.717) is 29.8 Å². The van der Waals surface area contributed by atoms with Crippen LogP contribution >= 0.6 is 0 Å². The fourth-order valence-electron chi connectivity index (χ4n) is 6.71. The molecular formula is C34H41FO2. The molecule has 0 spiro atoms. The van der Waals surface area contributed by atoms with E-state index in [9.17, 15) is 0 Å². The average molecular weight is 501 g/mol. The van der Waals surface area contributed by atoms with Crippen molar-refractivity contribution >= 4 is 0 Å². The number of fused-ring (bicyclic) bond motifs is 1. The number of methoxy groups -OCH3 is 1. The quantitative estimate of drug-likeness (QED) is 0.335. The van der Waals surface area contributed by atoms with Gasteiger partial charge in [-0.25, -0.2) is 4.39 Å². The Morgan fingerprint density at radius 2 is 1.68 bits per heavy atom. The van der Waals surface area contributed by atoms with Crippen molar-refractivity contribution in [2.45, 2.75) is 85.2 Å². The highest BCUT2D eigenvalue weighted by Crippen LogP contribution is 2.51. The summed E-state index contributed by atoms with van der Waals surface area (Å²) in [6.45, 7) is 12.2. The normalized spacial score (nSPS) is 20.6. The van der Waals surface area contributed by atoms with Crippen molar-refractivity contribution in [1.29, 1.82) is 0 Å². The van der Waals surface area contributed by atoms with Gasteiger partial charge >= 0.3 is 0 Å². The number of hydrogen-bond acceptors (Lipinski definition) is 2. The minimum Gasteiger partial charge on any atom is -0.497 e. The lowest BCUT2D eigenvalue weighted by Crippen LogP contribution is -2.17. The van der Waals surface area contributed by atoms with Gasteiger partial charge in [-0.15, -0.1) is 0 Å². The van der Waals surface area contributed by atoms with Gasteiger partial charge in [0.05, 0.1) is 7.11 Å². The monoisotopic (exact) mass is 500 g/mol. The fraction of sp³-hybridized carbons (Fsp3) is 0.471. The van der Waals surface area contributed by atoms with E-state index in [1.807, 2.05) is 6.07 Å². The predicted octanol–water partition coefficient (Wildman–Crippen LogP) is 9.45. The highest BCUT2D eigenvalue weighted by molar-refractivity contribution is 5.71.